The Bertz CT molecular complexity index is 294. The standard InChI is InChI=1S/C13H24N2O3/c1-3-4-8-15(2)13(18)14-11-7-5-6-10(9-11)12(16)17/h10-11H,3-9H2,1-2H3,(H,14,18)(H,16,17). The SMILES string of the molecule is CCCCN(C)C(=O)NC1CCCC(C(=O)O)C1. The number of nitrogens with one attached hydrogen (secondary N) is 1. The zero-order chi connectivity index (χ0) is 13.5. The maximum Gasteiger partial charge on any atom is 0.317 e. The van der Waals surface area contributed by atoms with Crippen LogP contribution in [-0.4, -0.2) is 41.6 Å². The van der Waals surface area contributed by atoms with E-state index in [-0.39, 0.29) is 18.0 Å². The molecule has 0 aliphatic heterocycles. The van der Waals surface area contributed by atoms with Crippen LogP contribution in [0.5, 0.6) is 0 Å². The van der Waals surface area contributed by atoms with E-state index < -0.39 is 5.97 Å². The quantitative estimate of drug-likeness (QED) is 0.791. The molecule has 2 amide bonds. The Balaban J connectivity index is 2.37. The number of carboxylic acid groups (broad SMARTS) is 1. The summed E-state index contributed by atoms with van der Waals surface area (Å²) in [6.07, 6.45) is 5.10. The molecule has 2 atom stereocenters. The first-order valence-corrected chi connectivity index (χ1v) is 6.79. The van der Waals surface area contributed by atoms with Crippen LogP contribution in [0.15, 0.2) is 0 Å². The van der Waals surface area contributed by atoms with Crippen LogP contribution in [0.1, 0.15) is 45.4 Å². The molecule has 0 spiro atoms. The Labute approximate surface area is 109 Å². The minimum absolute atomic E-state index is 0.0106. The van der Waals surface area contributed by atoms with Crippen molar-refractivity contribution < 1.29 is 14.7 Å². The molecule has 0 aromatic rings. The average Bonchev–Trinajstić information content (AvgIpc) is 2.36. The molecule has 5 heteroatoms. The second kappa shape index (κ2) is 7.24. The number of urea groups is 1. The van der Waals surface area contributed by atoms with Crippen molar-refractivity contribution in [1.82, 2.24) is 10.2 Å². The van der Waals surface area contributed by atoms with E-state index in [4.69, 9.17) is 5.11 Å². The van der Waals surface area contributed by atoms with Gasteiger partial charge >= 0.3 is 12.0 Å². The highest BCUT2D eigenvalue weighted by molar-refractivity contribution is 5.74. The summed E-state index contributed by atoms with van der Waals surface area (Å²) < 4.78 is 0. The molecule has 0 heterocycles. The third-order valence-electron chi connectivity index (χ3n) is 3.54. The van der Waals surface area contributed by atoms with Gasteiger partial charge in [0.25, 0.3) is 0 Å². The Kier molecular flexibility index (Phi) is 5.95. The second-order valence-corrected chi connectivity index (χ2v) is 5.12. The summed E-state index contributed by atoms with van der Waals surface area (Å²) in [5, 5.41) is 11.9. The molecular weight excluding hydrogens is 232 g/mol. The molecule has 0 aromatic carbocycles. The largest absolute Gasteiger partial charge is 0.481 e. The van der Waals surface area contributed by atoms with E-state index in [1.807, 2.05) is 0 Å². The number of hydrogen-bond donors (Lipinski definition) is 2. The molecule has 0 saturated heterocycles. The van der Waals surface area contributed by atoms with E-state index in [2.05, 4.69) is 12.2 Å². The van der Waals surface area contributed by atoms with Gasteiger partial charge in [-0.05, 0) is 25.7 Å². The van der Waals surface area contributed by atoms with Crippen molar-refractivity contribution in [3.63, 3.8) is 0 Å². The minimum atomic E-state index is -0.742. The van der Waals surface area contributed by atoms with Crippen LogP contribution in [0.25, 0.3) is 0 Å². The minimum Gasteiger partial charge on any atom is -0.481 e. The molecule has 5 nitrogen and oxygen atoms in total. The lowest BCUT2D eigenvalue weighted by Crippen LogP contribution is -2.45. The summed E-state index contributed by atoms with van der Waals surface area (Å²) >= 11 is 0. The summed E-state index contributed by atoms with van der Waals surface area (Å²) in [7, 11) is 1.78. The summed E-state index contributed by atoms with van der Waals surface area (Å²) in [4.78, 5) is 24.5. The number of carbonyl (C=O) groups is 2. The molecule has 2 N–H and O–H groups in total. The van der Waals surface area contributed by atoms with Crippen molar-refractivity contribution in [2.75, 3.05) is 13.6 Å². The summed E-state index contributed by atoms with van der Waals surface area (Å²) in [5.74, 6) is -1.04. The topological polar surface area (TPSA) is 69.6 Å². The molecule has 1 saturated carbocycles. The number of amides is 2. The van der Waals surface area contributed by atoms with Crippen LogP contribution in [-0.2, 0) is 4.79 Å². The lowest BCUT2D eigenvalue weighted by atomic mass is 9.86. The number of aliphatic carboxylic acids is 1. The van der Waals surface area contributed by atoms with Gasteiger partial charge in [-0.3, -0.25) is 4.79 Å². The Morgan fingerprint density at radius 3 is 2.72 bits per heavy atom. The summed E-state index contributed by atoms with van der Waals surface area (Å²) in [6.45, 7) is 2.84. The Morgan fingerprint density at radius 1 is 1.39 bits per heavy atom. The van der Waals surface area contributed by atoms with Crippen LogP contribution < -0.4 is 5.32 Å². The van der Waals surface area contributed by atoms with Gasteiger partial charge in [-0.15, -0.1) is 0 Å². The van der Waals surface area contributed by atoms with E-state index in [1.165, 1.54) is 0 Å². The molecule has 1 fully saturated rings. The number of carboxylic acids is 1. The second-order valence-electron chi connectivity index (χ2n) is 5.12. The maximum atomic E-state index is 11.9. The van der Waals surface area contributed by atoms with Gasteiger partial charge in [0.15, 0.2) is 0 Å². The maximum absolute atomic E-state index is 11.9. The normalized spacial score (nSPS) is 23.4. The summed E-state index contributed by atoms with van der Waals surface area (Å²) in [6, 6.07) is -0.0732. The number of nitrogens with zero attached hydrogens (tertiary/aromatic N) is 1. The predicted molar refractivity (Wildman–Crippen MR) is 69.5 cm³/mol. The molecule has 0 radical (unpaired) electrons. The number of rotatable bonds is 5. The van der Waals surface area contributed by atoms with Gasteiger partial charge in [0, 0.05) is 19.6 Å². The van der Waals surface area contributed by atoms with Crippen molar-refractivity contribution in [2.24, 2.45) is 5.92 Å². The first kappa shape index (κ1) is 14.8. The third kappa shape index (κ3) is 4.55. The van der Waals surface area contributed by atoms with Crippen LogP contribution in [0.4, 0.5) is 4.79 Å². The first-order valence-electron chi connectivity index (χ1n) is 6.79. The monoisotopic (exact) mass is 256 g/mol. The van der Waals surface area contributed by atoms with Crippen molar-refractivity contribution in [3.8, 4) is 0 Å². The Hall–Kier alpha value is -1.26. The fraction of sp³-hybridized carbons (Fsp3) is 0.846. The smallest absolute Gasteiger partial charge is 0.317 e. The van der Waals surface area contributed by atoms with Gasteiger partial charge in [-0.1, -0.05) is 19.8 Å². The van der Waals surface area contributed by atoms with Crippen LogP contribution in [0, 0.1) is 5.92 Å². The highest BCUT2D eigenvalue weighted by Crippen LogP contribution is 2.24. The summed E-state index contributed by atoms with van der Waals surface area (Å²) in [5.41, 5.74) is 0. The number of unbranched alkanes of at least 4 members (excludes halogenated alkanes) is 1. The zero-order valence-corrected chi connectivity index (χ0v) is 11.3. The lowest BCUT2D eigenvalue weighted by Gasteiger charge is -2.29. The van der Waals surface area contributed by atoms with Crippen molar-refractivity contribution in [3.05, 3.63) is 0 Å². The molecule has 1 aliphatic carbocycles. The van der Waals surface area contributed by atoms with Gasteiger partial charge < -0.3 is 15.3 Å². The van der Waals surface area contributed by atoms with Crippen molar-refractivity contribution >= 4 is 12.0 Å². The van der Waals surface area contributed by atoms with Crippen LogP contribution >= 0.6 is 0 Å². The van der Waals surface area contributed by atoms with Gasteiger partial charge in [-0.25, -0.2) is 4.79 Å². The fourth-order valence-corrected chi connectivity index (χ4v) is 2.33. The molecule has 0 bridgehead atoms. The third-order valence-corrected chi connectivity index (χ3v) is 3.54. The van der Waals surface area contributed by atoms with E-state index >= 15 is 0 Å². The molecule has 2 unspecified atom stereocenters. The number of hydrogen-bond acceptors (Lipinski definition) is 2. The Morgan fingerprint density at radius 2 is 2.11 bits per heavy atom. The highest BCUT2D eigenvalue weighted by Gasteiger charge is 2.28. The van der Waals surface area contributed by atoms with Gasteiger partial charge in [-0.2, -0.15) is 0 Å². The molecule has 0 aromatic heterocycles. The van der Waals surface area contributed by atoms with Crippen molar-refractivity contribution in [2.45, 2.75) is 51.5 Å². The van der Waals surface area contributed by atoms with Gasteiger partial charge in [0.2, 0.25) is 0 Å². The van der Waals surface area contributed by atoms with Crippen LogP contribution in [0.3, 0.4) is 0 Å². The molecule has 18 heavy (non-hydrogen) atoms. The zero-order valence-electron chi connectivity index (χ0n) is 11.3. The fourth-order valence-electron chi connectivity index (χ4n) is 2.33. The molecule has 1 aliphatic rings. The molecular formula is C13H24N2O3. The predicted octanol–water partition coefficient (Wildman–Crippen LogP) is 2.07. The van der Waals surface area contributed by atoms with E-state index in [0.29, 0.717) is 6.42 Å². The van der Waals surface area contributed by atoms with Gasteiger partial charge in [0.1, 0.15) is 0 Å². The average molecular weight is 256 g/mol. The molecule has 104 valence electrons. The van der Waals surface area contributed by atoms with E-state index in [9.17, 15) is 9.59 Å². The first-order chi connectivity index (χ1) is 8.54. The van der Waals surface area contributed by atoms with Crippen molar-refractivity contribution in [1.29, 1.82) is 0 Å². The molecule has 1 rings (SSSR count). The van der Waals surface area contributed by atoms with E-state index in [1.54, 1.807) is 11.9 Å². The van der Waals surface area contributed by atoms with Crippen LogP contribution in [0.2, 0.25) is 0 Å². The lowest BCUT2D eigenvalue weighted by molar-refractivity contribution is -0.143. The highest BCUT2D eigenvalue weighted by atomic mass is 16.4. The van der Waals surface area contributed by atoms with E-state index in [0.717, 1.165) is 38.6 Å². The number of carbonyl (C=O) groups excluding carboxylic acids is 1. The van der Waals surface area contributed by atoms with Gasteiger partial charge in [0.05, 0.1) is 5.92 Å².